The van der Waals surface area contributed by atoms with Gasteiger partial charge in [0.05, 0.1) is 22.3 Å². The Morgan fingerprint density at radius 1 is 1.21 bits per heavy atom. The summed E-state index contributed by atoms with van der Waals surface area (Å²) < 4.78 is 14.0. The molecule has 0 saturated carbocycles. The summed E-state index contributed by atoms with van der Waals surface area (Å²) >= 11 is 6.14. The van der Waals surface area contributed by atoms with Crippen molar-refractivity contribution in [2.75, 3.05) is 30.9 Å². The summed E-state index contributed by atoms with van der Waals surface area (Å²) in [6.07, 6.45) is -0.0336. The quantitative estimate of drug-likeness (QED) is 0.852. The molecule has 1 aliphatic rings. The van der Waals surface area contributed by atoms with Gasteiger partial charge in [-0.2, -0.15) is 0 Å². The minimum Gasteiger partial charge on any atom is -0.345 e. The molecule has 1 aliphatic heterocycles. The second-order valence-corrected chi connectivity index (χ2v) is 7.15. The van der Waals surface area contributed by atoms with E-state index in [9.17, 15) is 18.8 Å². The molecule has 0 aliphatic carbocycles. The zero-order valence-electron chi connectivity index (χ0n) is 15.4. The van der Waals surface area contributed by atoms with Crippen molar-refractivity contribution in [3.8, 4) is 0 Å². The maximum atomic E-state index is 14.0. The average Bonchev–Trinajstić information content (AvgIpc) is 3.05. The van der Waals surface area contributed by atoms with E-state index in [4.69, 9.17) is 11.6 Å². The number of carbonyl (C=O) groups excluding carboxylic acids is 3. The minimum atomic E-state index is -0.656. The summed E-state index contributed by atoms with van der Waals surface area (Å²) in [6, 6.07) is 10.5. The number of amides is 3. The van der Waals surface area contributed by atoms with E-state index in [2.05, 4.69) is 5.32 Å². The predicted molar refractivity (Wildman–Crippen MR) is 105 cm³/mol. The minimum absolute atomic E-state index is 0.0336. The normalized spacial score (nSPS) is 16.2. The molecule has 2 aromatic rings. The number of nitrogens with one attached hydrogen (secondary N) is 1. The van der Waals surface area contributed by atoms with Crippen LogP contribution >= 0.6 is 11.6 Å². The van der Waals surface area contributed by atoms with Crippen molar-refractivity contribution in [3.63, 3.8) is 0 Å². The van der Waals surface area contributed by atoms with Gasteiger partial charge < -0.3 is 15.1 Å². The molecule has 0 spiro atoms. The first-order valence-electron chi connectivity index (χ1n) is 8.65. The Hall–Kier alpha value is -2.93. The summed E-state index contributed by atoms with van der Waals surface area (Å²) in [4.78, 5) is 39.7. The summed E-state index contributed by atoms with van der Waals surface area (Å²) in [5, 5.41) is 2.96. The molecular weight excluding hydrogens is 385 g/mol. The highest BCUT2D eigenvalue weighted by Crippen LogP contribution is 2.29. The zero-order chi connectivity index (χ0) is 20.4. The molecule has 0 bridgehead atoms. The van der Waals surface area contributed by atoms with Crippen molar-refractivity contribution in [1.82, 2.24) is 4.90 Å². The fourth-order valence-corrected chi connectivity index (χ4v) is 3.20. The van der Waals surface area contributed by atoms with Gasteiger partial charge in [0.15, 0.2) is 0 Å². The molecule has 1 N–H and O–H groups in total. The van der Waals surface area contributed by atoms with E-state index in [-0.39, 0.29) is 41.2 Å². The van der Waals surface area contributed by atoms with Crippen LogP contribution in [0.3, 0.4) is 0 Å². The lowest BCUT2D eigenvalue weighted by Gasteiger charge is -2.17. The molecule has 1 heterocycles. The molecule has 1 atom stereocenters. The van der Waals surface area contributed by atoms with Gasteiger partial charge in [0.25, 0.3) is 5.91 Å². The van der Waals surface area contributed by atoms with E-state index in [1.807, 2.05) is 0 Å². The van der Waals surface area contributed by atoms with Crippen LogP contribution in [-0.4, -0.2) is 43.3 Å². The maximum absolute atomic E-state index is 14.0. The van der Waals surface area contributed by atoms with Crippen LogP contribution in [0.15, 0.2) is 42.5 Å². The summed E-state index contributed by atoms with van der Waals surface area (Å²) in [5.41, 5.74) is 0.816. The Morgan fingerprint density at radius 2 is 1.93 bits per heavy atom. The highest BCUT2D eigenvalue weighted by Gasteiger charge is 2.36. The van der Waals surface area contributed by atoms with Gasteiger partial charge in [-0.25, -0.2) is 4.39 Å². The van der Waals surface area contributed by atoms with Crippen molar-refractivity contribution in [2.45, 2.75) is 6.42 Å². The molecule has 3 amide bonds. The number of anilines is 2. The van der Waals surface area contributed by atoms with Crippen LogP contribution in [0.1, 0.15) is 16.8 Å². The van der Waals surface area contributed by atoms with E-state index < -0.39 is 17.6 Å². The molecule has 28 heavy (non-hydrogen) atoms. The van der Waals surface area contributed by atoms with Gasteiger partial charge in [-0.15, -0.1) is 0 Å². The van der Waals surface area contributed by atoms with E-state index in [1.165, 1.54) is 40.1 Å². The summed E-state index contributed by atoms with van der Waals surface area (Å²) in [6.45, 7) is 0.0690. The molecule has 2 aromatic carbocycles. The van der Waals surface area contributed by atoms with E-state index in [1.54, 1.807) is 26.2 Å². The van der Waals surface area contributed by atoms with Gasteiger partial charge in [-0.05, 0) is 30.3 Å². The lowest BCUT2D eigenvalue weighted by atomic mass is 10.1. The van der Waals surface area contributed by atoms with Crippen LogP contribution in [0.4, 0.5) is 15.8 Å². The van der Waals surface area contributed by atoms with Crippen LogP contribution in [0.5, 0.6) is 0 Å². The number of hydrogen-bond acceptors (Lipinski definition) is 3. The lowest BCUT2D eigenvalue weighted by Crippen LogP contribution is -2.29. The van der Waals surface area contributed by atoms with Crippen molar-refractivity contribution in [3.05, 3.63) is 58.9 Å². The largest absolute Gasteiger partial charge is 0.345 e. The molecule has 0 radical (unpaired) electrons. The lowest BCUT2D eigenvalue weighted by molar-refractivity contribution is -0.122. The number of hydrogen-bond donors (Lipinski definition) is 1. The first-order chi connectivity index (χ1) is 13.3. The number of halogens is 2. The second kappa shape index (κ2) is 7.98. The molecule has 146 valence electrons. The van der Waals surface area contributed by atoms with Crippen molar-refractivity contribution < 1.29 is 18.8 Å². The number of benzene rings is 2. The predicted octanol–water partition coefficient (Wildman–Crippen LogP) is 3.17. The Kier molecular flexibility index (Phi) is 5.65. The second-order valence-electron chi connectivity index (χ2n) is 6.74. The molecule has 6 nitrogen and oxygen atoms in total. The monoisotopic (exact) mass is 403 g/mol. The topological polar surface area (TPSA) is 69.7 Å². The average molecular weight is 404 g/mol. The summed E-state index contributed by atoms with van der Waals surface area (Å²) in [5.74, 6) is -2.14. The molecule has 1 fully saturated rings. The van der Waals surface area contributed by atoms with Gasteiger partial charge >= 0.3 is 0 Å². The third-order valence-corrected chi connectivity index (χ3v) is 4.85. The standard InChI is InChI=1S/C20H19ClFN3O3/c1-24(2)20(28)12-7-8-14(21)16(9-12)23-19(27)13-10-18(26)25(11-13)17-6-4-3-5-15(17)22/h3-9,13H,10-11H2,1-2H3,(H,23,27). The van der Waals surface area contributed by atoms with Crippen LogP contribution in [-0.2, 0) is 9.59 Å². The fraction of sp³-hybridized carbons (Fsp3) is 0.250. The zero-order valence-corrected chi connectivity index (χ0v) is 16.2. The Bertz CT molecular complexity index is 948. The number of carbonyl (C=O) groups is 3. The molecular formula is C20H19ClFN3O3. The first kappa shape index (κ1) is 19.8. The number of nitrogens with zero attached hydrogens (tertiary/aromatic N) is 2. The highest BCUT2D eigenvalue weighted by atomic mass is 35.5. The Morgan fingerprint density at radius 3 is 2.61 bits per heavy atom. The van der Waals surface area contributed by atoms with Crippen LogP contribution in [0.25, 0.3) is 0 Å². The molecule has 0 aromatic heterocycles. The van der Waals surface area contributed by atoms with Crippen molar-refractivity contribution in [1.29, 1.82) is 0 Å². The first-order valence-corrected chi connectivity index (χ1v) is 9.02. The van der Waals surface area contributed by atoms with Gasteiger partial charge in [0.1, 0.15) is 5.82 Å². The van der Waals surface area contributed by atoms with Crippen LogP contribution in [0.2, 0.25) is 5.02 Å². The molecule has 1 unspecified atom stereocenters. The van der Waals surface area contributed by atoms with Gasteiger partial charge in [0.2, 0.25) is 11.8 Å². The van der Waals surface area contributed by atoms with Crippen molar-refractivity contribution in [2.24, 2.45) is 5.92 Å². The van der Waals surface area contributed by atoms with Gasteiger partial charge in [0, 0.05) is 32.6 Å². The molecule has 3 rings (SSSR count). The summed E-state index contributed by atoms with van der Waals surface area (Å²) in [7, 11) is 3.24. The SMILES string of the molecule is CN(C)C(=O)c1ccc(Cl)c(NC(=O)C2CC(=O)N(c3ccccc3F)C2)c1. The van der Waals surface area contributed by atoms with Crippen LogP contribution < -0.4 is 10.2 Å². The van der Waals surface area contributed by atoms with E-state index >= 15 is 0 Å². The van der Waals surface area contributed by atoms with Crippen LogP contribution in [0, 0.1) is 11.7 Å². The van der Waals surface area contributed by atoms with Gasteiger partial charge in [-0.1, -0.05) is 23.7 Å². The smallest absolute Gasteiger partial charge is 0.253 e. The third-order valence-electron chi connectivity index (χ3n) is 4.52. The number of rotatable bonds is 4. The Labute approximate surface area is 166 Å². The molecule has 8 heteroatoms. The number of para-hydroxylation sites is 1. The Balaban J connectivity index is 1.76. The maximum Gasteiger partial charge on any atom is 0.253 e. The van der Waals surface area contributed by atoms with Crippen molar-refractivity contribution >= 4 is 40.7 Å². The van der Waals surface area contributed by atoms with E-state index in [0.717, 1.165) is 0 Å². The van der Waals surface area contributed by atoms with E-state index in [0.29, 0.717) is 5.56 Å². The van der Waals surface area contributed by atoms with Gasteiger partial charge in [-0.3, -0.25) is 14.4 Å². The fourth-order valence-electron chi connectivity index (χ4n) is 3.03. The third kappa shape index (κ3) is 3.99. The highest BCUT2D eigenvalue weighted by molar-refractivity contribution is 6.34. The molecule has 1 saturated heterocycles.